The lowest BCUT2D eigenvalue weighted by Crippen LogP contribution is -2.07. The fraction of sp³-hybridized carbons (Fsp3) is 0.276. The molecule has 4 rings (SSSR count). The Balaban J connectivity index is 1.46. The van der Waals surface area contributed by atoms with Gasteiger partial charge in [0.2, 0.25) is 0 Å². The molecule has 3 heterocycles. The molecule has 2 aromatic heterocycles. The van der Waals surface area contributed by atoms with E-state index in [9.17, 15) is 0 Å². The molecular formula is C29H32N4. The van der Waals surface area contributed by atoms with Gasteiger partial charge >= 0.3 is 0 Å². The number of hydrogen-bond donors (Lipinski definition) is 0. The van der Waals surface area contributed by atoms with Gasteiger partial charge in [0.25, 0.3) is 0 Å². The van der Waals surface area contributed by atoms with Crippen molar-refractivity contribution in [2.45, 2.75) is 46.0 Å². The van der Waals surface area contributed by atoms with Crippen LogP contribution >= 0.6 is 0 Å². The Bertz CT molecular complexity index is 1200. The van der Waals surface area contributed by atoms with E-state index in [1.54, 1.807) is 0 Å². The van der Waals surface area contributed by atoms with Gasteiger partial charge in [-0.3, -0.25) is 14.7 Å². The normalized spacial score (nSPS) is 17.6. The van der Waals surface area contributed by atoms with Crippen molar-refractivity contribution in [2.24, 2.45) is 12.0 Å². The van der Waals surface area contributed by atoms with Crippen LogP contribution in [-0.2, 0) is 13.5 Å². The predicted molar refractivity (Wildman–Crippen MR) is 138 cm³/mol. The zero-order chi connectivity index (χ0) is 23.0. The van der Waals surface area contributed by atoms with Crippen LogP contribution in [0, 0.1) is 0 Å². The molecule has 0 bridgehead atoms. The molecular weight excluding hydrogens is 404 g/mol. The quantitative estimate of drug-likeness (QED) is 0.475. The van der Waals surface area contributed by atoms with Gasteiger partial charge in [0.1, 0.15) is 0 Å². The summed E-state index contributed by atoms with van der Waals surface area (Å²) in [7, 11) is 1.98. The summed E-state index contributed by atoms with van der Waals surface area (Å²) in [5, 5.41) is 4.73. The van der Waals surface area contributed by atoms with E-state index in [2.05, 4.69) is 73.6 Å². The van der Waals surface area contributed by atoms with E-state index in [0.29, 0.717) is 0 Å². The monoisotopic (exact) mass is 436 g/mol. The van der Waals surface area contributed by atoms with Gasteiger partial charge in [-0.1, -0.05) is 55.0 Å². The molecule has 0 N–H and O–H groups in total. The third-order valence-electron chi connectivity index (χ3n) is 5.92. The van der Waals surface area contributed by atoms with Crippen molar-refractivity contribution in [3.8, 4) is 11.1 Å². The van der Waals surface area contributed by atoms with Crippen LogP contribution in [0.4, 0.5) is 0 Å². The summed E-state index contributed by atoms with van der Waals surface area (Å²) in [6.07, 6.45) is 28.2. The number of rotatable bonds is 7. The van der Waals surface area contributed by atoms with E-state index in [4.69, 9.17) is 10.1 Å². The minimum absolute atomic E-state index is 0.897. The van der Waals surface area contributed by atoms with E-state index < -0.39 is 0 Å². The second-order valence-corrected chi connectivity index (χ2v) is 8.45. The van der Waals surface area contributed by atoms with E-state index >= 15 is 0 Å². The summed E-state index contributed by atoms with van der Waals surface area (Å²) in [5.74, 6) is 0. The van der Waals surface area contributed by atoms with Crippen molar-refractivity contribution in [2.75, 3.05) is 0 Å². The Morgan fingerprint density at radius 1 is 1.06 bits per heavy atom. The summed E-state index contributed by atoms with van der Waals surface area (Å²) >= 11 is 0. The molecule has 0 unspecified atom stereocenters. The zero-order valence-corrected chi connectivity index (χ0v) is 19.8. The maximum atomic E-state index is 4.96. The van der Waals surface area contributed by atoms with Crippen molar-refractivity contribution >= 4 is 5.71 Å². The summed E-state index contributed by atoms with van der Waals surface area (Å²) in [4.78, 5) is 9.10. The molecule has 0 fully saturated rings. The third-order valence-corrected chi connectivity index (χ3v) is 5.92. The molecule has 168 valence electrons. The highest BCUT2D eigenvalue weighted by atomic mass is 15.2. The highest BCUT2D eigenvalue weighted by molar-refractivity contribution is 6.14. The van der Waals surface area contributed by atoms with Crippen molar-refractivity contribution < 1.29 is 0 Å². The number of dihydropyridines is 1. The van der Waals surface area contributed by atoms with Crippen LogP contribution in [0.15, 0.2) is 107 Å². The Morgan fingerprint density at radius 3 is 2.73 bits per heavy atom. The number of nitrogens with zero attached hydrogens (tertiary/aromatic N) is 4. The van der Waals surface area contributed by atoms with Gasteiger partial charge in [-0.25, -0.2) is 0 Å². The standard InChI is InChI=1S/C29H32N4/c1-4-5-6-10-26-15-11-22(2)29(31-26)25-9-7-8-23(12-14-25)13-16-28-27(21-33(3)32-28)24-17-19-30-20-18-24/h5-6,8-12,14,17-21H,4,7,13,15-16H2,1-3H3/b6-5-,26-10+. The van der Waals surface area contributed by atoms with Gasteiger partial charge in [-0.05, 0) is 67.5 Å². The lowest BCUT2D eigenvalue weighted by Gasteiger charge is -2.14. The van der Waals surface area contributed by atoms with Crippen molar-refractivity contribution in [3.05, 3.63) is 107 Å². The number of allylic oxidation sites excluding steroid dienone is 11. The molecule has 4 nitrogen and oxygen atoms in total. The van der Waals surface area contributed by atoms with Gasteiger partial charge in [-0.15, -0.1) is 0 Å². The fourth-order valence-corrected chi connectivity index (χ4v) is 4.13. The van der Waals surface area contributed by atoms with E-state index in [1.807, 2.05) is 36.3 Å². The smallest absolute Gasteiger partial charge is 0.0728 e. The average Bonchev–Trinajstić information content (AvgIpc) is 3.05. The minimum atomic E-state index is 0.897. The summed E-state index contributed by atoms with van der Waals surface area (Å²) in [5.41, 5.74) is 9.48. The molecule has 1 aliphatic carbocycles. The Labute approximate surface area is 197 Å². The van der Waals surface area contributed by atoms with Gasteiger partial charge < -0.3 is 0 Å². The van der Waals surface area contributed by atoms with Crippen molar-refractivity contribution in [1.29, 1.82) is 0 Å². The largest absolute Gasteiger partial charge is 0.275 e. The molecule has 0 spiro atoms. The first-order chi connectivity index (χ1) is 16.1. The first kappa shape index (κ1) is 22.7. The van der Waals surface area contributed by atoms with Crippen LogP contribution in [-0.4, -0.2) is 20.5 Å². The van der Waals surface area contributed by atoms with Crippen LogP contribution in [0.3, 0.4) is 0 Å². The zero-order valence-electron chi connectivity index (χ0n) is 19.8. The Kier molecular flexibility index (Phi) is 7.46. The molecule has 1 aliphatic heterocycles. The second-order valence-electron chi connectivity index (χ2n) is 8.45. The maximum Gasteiger partial charge on any atom is 0.0728 e. The van der Waals surface area contributed by atoms with Crippen LogP contribution in [0.1, 0.15) is 45.2 Å². The average molecular weight is 437 g/mol. The van der Waals surface area contributed by atoms with E-state index in [1.165, 1.54) is 22.3 Å². The molecule has 33 heavy (non-hydrogen) atoms. The minimum Gasteiger partial charge on any atom is -0.275 e. The molecule has 0 saturated heterocycles. The highest BCUT2D eigenvalue weighted by Gasteiger charge is 2.14. The molecule has 0 amide bonds. The molecule has 2 aliphatic rings. The first-order valence-electron chi connectivity index (χ1n) is 11.8. The summed E-state index contributed by atoms with van der Waals surface area (Å²) in [6.45, 7) is 4.31. The molecule has 4 heteroatoms. The van der Waals surface area contributed by atoms with Crippen LogP contribution in [0.2, 0.25) is 0 Å². The van der Waals surface area contributed by atoms with Gasteiger partial charge in [-0.2, -0.15) is 5.10 Å². The lowest BCUT2D eigenvalue weighted by atomic mass is 9.98. The SMILES string of the molecule is CC/C=C\C=C1/CC=C(C)C(C2=CCC=C(CCc3nn(C)cc3-c3ccncc3)C=C2)=N1. The Hall–Kier alpha value is -3.53. The number of aryl methyl sites for hydroxylation is 2. The predicted octanol–water partition coefficient (Wildman–Crippen LogP) is 6.87. The summed E-state index contributed by atoms with van der Waals surface area (Å²) < 4.78 is 1.90. The van der Waals surface area contributed by atoms with Gasteiger partial charge in [0, 0.05) is 43.3 Å². The number of pyridine rings is 1. The molecule has 0 saturated carbocycles. The number of hydrogen-bond acceptors (Lipinski definition) is 3. The van der Waals surface area contributed by atoms with Gasteiger partial charge in [0.15, 0.2) is 0 Å². The van der Waals surface area contributed by atoms with Crippen LogP contribution < -0.4 is 0 Å². The first-order valence-corrected chi connectivity index (χ1v) is 11.8. The maximum absolute atomic E-state index is 4.96. The molecule has 0 atom stereocenters. The summed E-state index contributed by atoms with van der Waals surface area (Å²) in [6, 6.07) is 4.09. The molecule has 2 aromatic rings. The van der Waals surface area contributed by atoms with Crippen molar-refractivity contribution in [1.82, 2.24) is 14.8 Å². The van der Waals surface area contributed by atoms with E-state index in [-0.39, 0.29) is 0 Å². The van der Waals surface area contributed by atoms with Crippen molar-refractivity contribution in [3.63, 3.8) is 0 Å². The second kappa shape index (κ2) is 10.9. The number of aromatic nitrogens is 3. The van der Waals surface area contributed by atoms with Crippen LogP contribution in [0.25, 0.3) is 11.1 Å². The van der Waals surface area contributed by atoms with Gasteiger partial charge in [0.05, 0.1) is 11.4 Å². The molecule has 0 aromatic carbocycles. The highest BCUT2D eigenvalue weighted by Crippen LogP contribution is 2.26. The Morgan fingerprint density at radius 2 is 1.91 bits per heavy atom. The third kappa shape index (κ3) is 5.83. The fourth-order valence-electron chi connectivity index (χ4n) is 4.13. The van der Waals surface area contributed by atoms with E-state index in [0.717, 1.165) is 54.8 Å². The number of aliphatic imine (C=N–C) groups is 1. The topological polar surface area (TPSA) is 43.1 Å². The molecule has 0 radical (unpaired) electrons. The lowest BCUT2D eigenvalue weighted by molar-refractivity contribution is 0.737. The van der Waals surface area contributed by atoms with Crippen LogP contribution in [0.5, 0.6) is 0 Å².